The van der Waals surface area contributed by atoms with Crippen LogP contribution in [0.2, 0.25) is 0 Å². The molecule has 0 unspecified atom stereocenters. The summed E-state index contributed by atoms with van der Waals surface area (Å²) in [6.07, 6.45) is 12.3. The Balaban J connectivity index is 1.43. The molecule has 0 radical (unpaired) electrons. The van der Waals surface area contributed by atoms with E-state index in [1.165, 1.54) is 47.6 Å². The van der Waals surface area contributed by atoms with Crippen LogP contribution in [0.5, 0.6) is 0 Å². The number of hydrogen-bond acceptors (Lipinski definition) is 6. The Kier molecular flexibility index (Phi) is 5.96. The van der Waals surface area contributed by atoms with Gasteiger partial charge in [0.05, 0.1) is 5.52 Å². The average molecular weight is 571 g/mol. The molecule has 40 heavy (non-hydrogen) atoms. The summed E-state index contributed by atoms with van der Waals surface area (Å²) in [5.74, 6) is 8.34. The predicted octanol–water partition coefficient (Wildman–Crippen LogP) is 8.14. The third kappa shape index (κ3) is 3.66. The first-order chi connectivity index (χ1) is 19.1. The molecule has 0 bridgehead atoms. The highest BCUT2D eigenvalue weighted by Crippen LogP contribution is 2.62. The van der Waals surface area contributed by atoms with Crippen LogP contribution in [0.1, 0.15) is 77.7 Å². The number of aromatic nitrogens is 3. The van der Waals surface area contributed by atoms with Crippen molar-refractivity contribution < 1.29 is 0 Å². The summed E-state index contributed by atoms with van der Waals surface area (Å²) in [7, 11) is 0. The van der Waals surface area contributed by atoms with Gasteiger partial charge in [0.1, 0.15) is 15.4 Å². The zero-order valence-electron chi connectivity index (χ0n) is 24.1. The quantitative estimate of drug-likeness (QED) is 0.252. The fraction of sp³-hybridized carbons (Fsp3) is 0.485. The average Bonchev–Trinajstić information content (AvgIpc) is 3.60. The first-order valence-corrected chi connectivity index (χ1v) is 16.4. The van der Waals surface area contributed by atoms with E-state index in [1.807, 2.05) is 0 Å². The van der Waals surface area contributed by atoms with Gasteiger partial charge in [0.25, 0.3) is 5.56 Å². The molecule has 3 aliphatic rings. The van der Waals surface area contributed by atoms with Gasteiger partial charge in [0, 0.05) is 26.9 Å². The summed E-state index contributed by atoms with van der Waals surface area (Å²) in [6, 6.07) is 6.61. The third-order valence-electron chi connectivity index (χ3n) is 10.6. The molecular formula is C33H38N4OS2. The second-order valence-corrected chi connectivity index (χ2v) is 15.0. The van der Waals surface area contributed by atoms with Gasteiger partial charge in [-0.3, -0.25) is 4.79 Å². The number of aryl methyl sites for hydroxylation is 1. The van der Waals surface area contributed by atoms with Crippen molar-refractivity contribution in [3.05, 3.63) is 68.7 Å². The van der Waals surface area contributed by atoms with Crippen molar-refractivity contribution in [2.24, 2.45) is 23.2 Å². The minimum Gasteiger partial charge on any atom is -0.335 e. The van der Waals surface area contributed by atoms with Crippen molar-refractivity contribution >= 4 is 43.1 Å². The summed E-state index contributed by atoms with van der Waals surface area (Å²) < 4.78 is 1.75. The van der Waals surface area contributed by atoms with Gasteiger partial charge in [-0.05, 0) is 85.3 Å². The van der Waals surface area contributed by atoms with E-state index in [4.69, 9.17) is 15.8 Å². The minimum atomic E-state index is -0.197. The number of allylic oxidation sites excluding steroid dienone is 4. The van der Waals surface area contributed by atoms with Crippen LogP contribution in [0.15, 0.2) is 51.7 Å². The molecule has 5 nitrogen and oxygen atoms in total. The Hall–Kier alpha value is -2.77. The van der Waals surface area contributed by atoms with Crippen LogP contribution >= 0.6 is 22.7 Å². The van der Waals surface area contributed by atoms with Crippen molar-refractivity contribution in [2.75, 3.05) is 5.84 Å². The van der Waals surface area contributed by atoms with Gasteiger partial charge in [0.15, 0.2) is 0 Å². The SMILES string of the molecule is Cc1nc2c(sc3nc([C@]4(C)CCC[C@@]5(C)[C@H]4CC=C4C=C(C(C)C)CC[C@@H]45)cc(-c4cccs4)c32)c(=O)n1N. The van der Waals surface area contributed by atoms with Gasteiger partial charge >= 0.3 is 0 Å². The first kappa shape index (κ1) is 26.1. The van der Waals surface area contributed by atoms with Crippen LogP contribution in [0.25, 0.3) is 30.9 Å². The van der Waals surface area contributed by atoms with E-state index in [0.717, 1.165) is 38.8 Å². The highest BCUT2D eigenvalue weighted by atomic mass is 32.1. The van der Waals surface area contributed by atoms with Crippen LogP contribution in [0.4, 0.5) is 0 Å². The number of rotatable bonds is 3. The molecule has 7 heteroatoms. The molecule has 3 aliphatic carbocycles. The van der Waals surface area contributed by atoms with E-state index in [0.29, 0.717) is 28.3 Å². The third-order valence-corrected chi connectivity index (χ3v) is 12.6. The molecule has 0 aliphatic heterocycles. The van der Waals surface area contributed by atoms with Gasteiger partial charge in [-0.15, -0.1) is 22.7 Å². The molecule has 0 saturated heterocycles. The van der Waals surface area contributed by atoms with E-state index in [1.54, 1.807) is 29.4 Å². The van der Waals surface area contributed by atoms with E-state index < -0.39 is 0 Å². The smallest absolute Gasteiger partial charge is 0.289 e. The standard InChI is InChI=1S/C33H38N4OS2/c1-18(2)20-9-11-23-21(16-20)10-12-25-32(23,4)13-7-14-33(25,5)26-17-22(24-8-6-15-39-24)27-28-29(40-30(27)36-26)31(38)37(34)19(3)35-28/h6,8,10,15-18,23,25H,7,9,11-14,34H2,1-5H3/t23-,25+,32+,33+/m0/s1. The van der Waals surface area contributed by atoms with Crippen LogP contribution in [0.3, 0.4) is 0 Å². The lowest BCUT2D eigenvalue weighted by molar-refractivity contribution is -0.0104. The zero-order chi connectivity index (χ0) is 28.0. The van der Waals surface area contributed by atoms with Crippen molar-refractivity contribution in [1.82, 2.24) is 14.6 Å². The number of nitrogens with zero attached hydrogens (tertiary/aromatic N) is 3. The van der Waals surface area contributed by atoms with E-state index in [9.17, 15) is 4.79 Å². The van der Waals surface area contributed by atoms with Gasteiger partial charge in [-0.2, -0.15) is 0 Å². The molecule has 4 atom stereocenters. The Morgan fingerprint density at radius 2 is 2.02 bits per heavy atom. The van der Waals surface area contributed by atoms with Crippen LogP contribution in [-0.4, -0.2) is 14.6 Å². The van der Waals surface area contributed by atoms with Crippen molar-refractivity contribution in [3.8, 4) is 10.4 Å². The topological polar surface area (TPSA) is 73.8 Å². The molecule has 0 spiro atoms. The first-order valence-electron chi connectivity index (χ1n) is 14.7. The molecule has 4 heterocycles. The summed E-state index contributed by atoms with van der Waals surface area (Å²) >= 11 is 3.18. The number of nitrogen functional groups attached to an aromatic ring is 1. The van der Waals surface area contributed by atoms with Crippen LogP contribution < -0.4 is 11.4 Å². The molecule has 1 fully saturated rings. The molecular weight excluding hydrogens is 533 g/mol. The fourth-order valence-corrected chi connectivity index (χ4v) is 10.2. The van der Waals surface area contributed by atoms with E-state index in [-0.39, 0.29) is 16.4 Å². The van der Waals surface area contributed by atoms with Gasteiger partial charge in [-0.1, -0.05) is 57.9 Å². The van der Waals surface area contributed by atoms with Crippen LogP contribution in [0, 0.1) is 30.1 Å². The second-order valence-electron chi connectivity index (χ2n) is 13.1. The highest BCUT2D eigenvalue weighted by molar-refractivity contribution is 7.25. The Morgan fingerprint density at radius 3 is 2.77 bits per heavy atom. The summed E-state index contributed by atoms with van der Waals surface area (Å²) in [5, 5.41) is 3.11. The maximum Gasteiger partial charge on any atom is 0.289 e. The summed E-state index contributed by atoms with van der Waals surface area (Å²) in [4.78, 5) is 25.5. The summed E-state index contributed by atoms with van der Waals surface area (Å²) in [6.45, 7) is 11.5. The molecule has 4 aromatic rings. The Bertz CT molecular complexity index is 1780. The minimum absolute atomic E-state index is 0.0507. The van der Waals surface area contributed by atoms with Crippen molar-refractivity contribution in [1.29, 1.82) is 0 Å². The monoisotopic (exact) mass is 570 g/mol. The van der Waals surface area contributed by atoms with Crippen LogP contribution in [-0.2, 0) is 5.41 Å². The van der Waals surface area contributed by atoms with Gasteiger partial charge < -0.3 is 5.84 Å². The molecule has 2 N–H and O–H groups in total. The van der Waals surface area contributed by atoms with Gasteiger partial charge in [0.2, 0.25) is 0 Å². The van der Waals surface area contributed by atoms with Crippen molar-refractivity contribution in [2.45, 2.75) is 78.6 Å². The number of hydrogen-bond donors (Lipinski definition) is 1. The maximum absolute atomic E-state index is 13.2. The fourth-order valence-electron chi connectivity index (χ4n) is 8.38. The molecule has 0 aromatic carbocycles. The lowest BCUT2D eigenvalue weighted by Gasteiger charge is -2.58. The number of thiophene rings is 2. The molecule has 0 amide bonds. The number of nitrogens with two attached hydrogens (primary N) is 1. The zero-order valence-corrected chi connectivity index (χ0v) is 25.7. The highest BCUT2D eigenvalue weighted by Gasteiger charge is 2.55. The molecule has 4 aromatic heterocycles. The number of pyridine rings is 1. The Labute approximate surface area is 243 Å². The largest absolute Gasteiger partial charge is 0.335 e. The lowest BCUT2D eigenvalue weighted by atomic mass is 9.46. The number of fused-ring (bicyclic) bond motifs is 6. The van der Waals surface area contributed by atoms with Gasteiger partial charge in [-0.25, -0.2) is 14.6 Å². The molecule has 208 valence electrons. The molecule has 7 rings (SSSR count). The second kappa shape index (κ2) is 9.12. The lowest BCUT2D eigenvalue weighted by Crippen LogP contribution is -2.52. The predicted molar refractivity (Wildman–Crippen MR) is 169 cm³/mol. The Morgan fingerprint density at radius 1 is 1.20 bits per heavy atom. The summed E-state index contributed by atoms with van der Waals surface area (Å²) in [5.41, 5.74) is 6.24. The van der Waals surface area contributed by atoms with E-state index in [2.05, 4.69) is 63.4 Å². The normalized spacial score (nSPS) is 28.4. The maximum atomic E-state index is 13.2. The molecule has 1 saturated carbocycles. The van der Waals surface area contributed by atoms with E-state index >= 15 is 0 Å². The van der Waals surface area contributed by atoms with Crippen molar-refractivity contribution in [3.63, 3.8) is 0 Å².